The van der Waals surface area contributed by atoms with E-state index in [-0.39, 0.29) is 81.4 Å². The van der Waals surface area contributed by atoms with E-state index >= 15 is 0 Å². The summed E-state index contributed by atoms with van der Waals surface area (Å²) >= 11 is 1.28. The van der Waals surface area contributed by atoms with Gasteiger partial charge in [0.2, 0.25) is 5.91 Å². The summed E-state index contributed by atoms with van der Waals surface area (Å²) in [4.78, 5) is 34.2. The second-order valence-corrected chi connectivity index (χ2v) is 4.79. The number of hydrogen-bond acceptors (Lipinski definition) is 6. The summed E-state index contributed by atoms with van der Waals surface area (Å²) in [6.45, 7) is -0.0107. The fourth-order valence-corrected chi connectivity index (χ4v) is 3.12. The summed E-state index contributed by atoms with van der Waals surface area (Å²) in [7, 11) is 0. The number of nitrogens with zero attached hydrogens (tertiary/aromatic N) is 1. The molecular formula is C9H9KN2O5S. The number of primary amides is 1. The second-order valence-electron chi connectivity index (χ2n) is 3.52. The van der Waals surface area contributed by atoms with Gasteiger partial charge in [0, 0.05) is 11.3 Å². The quantitative estimate of drug-likeness (QED) is 0.415. The number of hydrogen-bond donors (Lipinski definition) is 1. The van der Waals surface area contributed by atoms with Gasteiger partial charge in [-0.15, -0.1) is 11.8 Å². The summed E-state index contributed by atoms with van der Waals surface area (Å²) in [5.41, 5.74) is 4.68. The predicted octanol–water partition coefficient (Wildman–Crippen LogP) is -4.26. The van der Waals surface area contributed by atoms with Gasteiger partial charge in [0.05, 0.1) is 30.1 Å². The third-order valence-corrected chi connectivity index (χ3v) is 3.79. The molecule has 0 aromatic carbocycles. The number of ether oxygens (including phenoxy) is 1. The van der Waals surface area contributed by atoms with Crippen molar-refractivity contribution in [3.05, 3.63) is 10.6 Å². The van der Waals surface area contributed by atoms with E-state index in [1.54, 1.807) is 0 Å². The number of thioether (sulfide) groups is 1. The summed E-state index contributed by atoms with van der Waals surface area (Å²) in [5, 5.41) is 10.8. The minimum absolute atomic E-state index is 0. The first kappa shape index (κ1) is 16.0. The summed E-state index contributed by atoms with van der Waals surface area (Å²) in [6.07, 6.45) is -0.373. The van der Waals surface area contributed by atoms with E-state index in [1.165, 1.54) is 16.7 Å². The zero-order valence-corrected chi connectivity index (χ0v) is 13.6. The molecule has 1 atom stereocenters. The fraction of sp³-hybridized carbons (Fsp3) is 0.444. The van der Waals surface area contributed by atoms with Gasteiger partial charge < -0.3 is 20.4 Å². The first-order valence-electron chi connectivity index (χ1n) is 4.86. The molecule has 2 aliphatic rings. The molecule has 0 spiro atoms. The maximum absolute atomic E-state index is 11.2. The molecule has 0 radical (unpaired) electrons. The van der Waals surface area contributed by atoms with E-state index in [9.17, 15) is 19.5 Å². The molecular weight excluding hydrogens is 287 g/mol. The van der Waals surface area contributed by atoms with E-state index in [2.05, 4.69) is 4.74 Å². The van der Waals surface area contributed by atoms with Crippen molar-refractivity contribution in [2.45, 2.75) is 18.2 Å². The van der Waals surface area contributed by atoms with Crippen molar-refractivity contribution < 1.29 is 75.6 Å². The molecule has 0 aliphatic carbocycles. The van der Waals surface area contributed by atoms with Crippen molar-refractivity contribution in [3.63, 3.8) is 0 Å². The van der Waals surface area contributed by atoms with Crippen LogP contribution in [0.1, 0.15) is 12.8 Å². The smallest absolute Gasteiger partial charge is 0.543 e. The number of β-lactam (4-membered cyclic amide) rings is 1. The molecule has 1 saturated heterocycles. The van der Waals surface area contributed by atoms with E-state index in [1.807, 2.05) is 0 Å². The molecule has 0 aromatic rings. The second kappa shape index (κ2) is 6.39. The summed E-state index contributed by atoms with van der Waals surface area (Å²) in [5.74, 6) is -1.62. The molecule has 9 heteroatoms. The minimum Gasteiger partial charge on any atom is -0.543 e. The molecule has 18 heavy (non-hydrogen) atoms. The first-order valence-corrected chi connectivity index (χ1v) is 5.74. The van der Waals surface area contributed by atoms with Crippen molar-refractivity contribution in [1.82, 2.24) is 4.90 Å². The Kier molecular flexibility index (Phi) is 5.68. The van der Waals surface area contributed by atoms with Crippen molar-refractivity contribution in [2.24, 2.45) is 5.73 Å². The first-order chi connectivity index (χ1) is 8.00. The molecule has 2 rings (SSSR count). The van der Waals surface area contributed by atoms with Crippen LogP contribution < -0.4 is 62.2 Å². The number of carbonyl (C=O) groups is 3. The fourth-order valence-electron chi connectivity index (χ4n) is 1.74. The number of rotatable bonds is 4. The molecule has 1 fully saturated rings. The van der Waals surface area contributed by atoms with Crippen LogP contribution in [0.25, 0.3) is 0 Å². The Hall–Kier alpha value is -0.0636. The van der Waals surface area contributed by atoms with Crippen LogP contribution in [0.4, 0.5) is 4.79 Å². The largest absolute Gasteiger partial charge is 1.00 e. The van der Waals surface area contributed by atoms with Crippen LogP contribution in [0.5, 0.6) is 0 Å². The van der Waals surface area contributed by atoms with Crippen LogP contribution in [0, 0.1) is 0 Å². The van der Waals surface area contributed by atoms with Gasteiger partial charge in [-0.25, -0.2) is 4.79 Å². The molecule has 7 nitrogen and oxygen atoms in total. The number of carboxylic acids is 1. The van der Waals surface area contributed by atoms with Gasteiger partial charge in [-0.05, 0) is 0 Å². The Balaban J connectivity index is 0.00000162. The molecule has 0 bridgehead atoms. The van der Waals surface area contributed by atoms with Crippen LogP contribution in [-0.2, 0) is 14.3 Å². The van der Waals surface area contributed by atoms with Crippen molar-refractivity contribution in [3.8, 4) is 0 Å². The van der Waals surface area contributed by atoms with Gasteiger partial charge >= 0.3 is 57.5 Å². The van der Waals surface area contributed by atoms with E-state index < -0.39 is 12.1 Å². The van der Waals surface area contributed by atoms with Gasteiger partial charge in [0.15, 0.2) is 0 Å². The van der Waals surface area contributed by atoms with E-state index in [0.29, 0.717) is 11.3 Å². The topological polar surface area (TPSA) is 113 Å². The minimum atomic E-state index is -1.39. The Morgan fingerprint density at radius 1 is 1.56 bits per heavy atom. The normalized spacial score (nSPS) is 21.0. The number of fused-ring (bicyclic) bond motifs is 1. The molecule has 2 aliphatic heterocycles. The summed E-state index contributed by atoms with van der Waals surface area (Å²) < 4.78 is 4.52. The zero-order chi connectivity index (χ0) is 12.6. The van der Waals surface area contributed by atoms with Gasteiger partial charge in [-0.2, -0.15) is 0 Å². The third kappa shape index (κ3) is 3.09. The van der Waals surface area contributed by atoms with E-state index in [4.69, 9.17) is 5.73 Å². The standard InChI is InChI=1S/C9H10N2O5S.K/c10-9(15)16-2-1-4-7(8(13)14)11-5(12)3-6(11)17-4;/h6H,1-3H2,(H2,10,15)(H,13,14);/q;+1/p-1. The average molecular weight is 296 g/mol. The van der Waals surface area contributed by atoms with Gasteiger partial charge in [0.1, 0.15) is 0 Å². The van der Waals surface area contributed by atoms with Crippen molar-refractivity contribution >= 4 is 29.7 Å². The molecule has 2 N–H and O–H groups in total. The maximum atomic E-state index is 11.2. The van der Waals surface area contributed by atoms with Crippen LogP contribution in [-0.4, -0.2) is 34.9 Å². The van der Waals surface area contributed by atoms with E-state index in [0.717, 1.165) is 0 Å². The number of carbonyl (C=O) groups excluding carboxylic acids is 3. The number of carboxylic acid groups (broad SMARTS) is 1. The maximum Gasteiger partial charge on any atom is 1.00 e. The van der Waals surface area contributed by atoms with Crippen molar-refractivity contribution in [2.75, 3.05) is 6.61 Å². The Morgan fingerprint density at radius 2 is 2.22 bits per heavy atom. The number of nitrogens with two attached hydrogens (primary N) is 1. The van der Waals surface area contributed by atoms with Crippen LogP contribution in [0.2, 0.25) is 0 Å². The molecule has 92 valence electrons. The van der Waals surface area contributed by atoms with Crippen LogP contribution in [0.15, 0.2) is 10.6 Å². The van der Waals surface area contributed by atoms with Gasteiger partial charge in [-0.3, -0.25) is 9.69 Å². The van der Waals surface area contributed by atoms with Gasteiger partial charge in [-0.1, -0.05) is 0 Å². The molecule has 2 heterocycles. The zero-order valence-electron chi connectivity index (χ0n) is 9.67. The Labute approximate surface area is 149 Å². The predicted molar refractivity (Wildman–Crippen MR) is 55.0 cm³/mol. The average Bonchev–Trinajstić information content (AvgIpc) is 2.50. The number of aliphatic carboxylic acids is 1. The molecule has 0 aromatic heterocycles. The van der Waals surface area contributed by atoms with Crippen LogP contribution >= 0.6 is 11.8 Å². The molecule has 0 saturated carbocycles. The Bertz CT molecular complexity index is 439. The monoisotopic (exact) mass is 296 g/mol. The number of amides is 2. The summed E-state index contributed by atoms with van der Waals surface area (Å²) in [6, 6.07) is 0. The third-order valence-electron chi connectivity index (χ3n) is 2.46. The van der Waals surface area contributed by atoms with Crippen molar-refractivity contribution in [1.29, 1.82) is 0 Å². The Morgan fingerprint density at radius 3 is 2.72 bits per heavy atom. The van der Waals surface area contributed by atoms with Gasteiger partial charge in [0.25, 0.3) is 0 Å². The van der Waals surface area contributed by atoms with Crippen LogP contribution in [0.3, 0.4) is 0 Å². The SMILES string of the molecule is NC(=O)OCCC1=C(C(=O)[O-])N2C(=O)CC2S1.[K+]. The molecule has 1 unspecified atom stereocenters. The molecule has 2 amide bonds.